The van der Waals surface area contributed by atoms with Gasteiger partial charge >= 0.3 is 0 Å². The third-order valence-electron chi connectivity index (χ3n) is 2.51. The number of hydrogen-bond acceptors (Lipinski definition) is 6. The van der Waals surface area contributed by atoms with Gasteiger partial charge in [0.2, 0.25) is 0 Å². The molecule has 0 bridgehead atoms. The summed E-state index contributed by atoms with van der Waals surface area (Å²) in [5, 5.41) is 25.1. The van der Waals surface area contributed by atoms with E-state index in [-0.39, 0.29) is 63.3 Å². The van der Waals surface area contributed by atoms with Crippen molar-refractivity contribution in [3.8, 4) is 0 Å². The maximum absolute atomic E-state index is 10.4. The number of ether oxygens (including phenoxy) is 1. The maximum atomic E-state index is 10.4. The molecule has 0 radical (unpaired) electrons. The number of carbonyl (C=O) groups is 1. The van der Waals surface area contributed by atoms with Crippen LogP contribution in [0.5, 0.6) is 0 Å². The number of aliphatic hydroxyl groups excluding tert-OH is 3. The molecule has 3 unspecified atom stereocenters. The van der Waals surface area contributed by atoms with E-state index in [0.717, 1.165) is 19.3 Å². The molecule has 0 aromatic rings. The van der Waals surface area contributed by atoms with E-state index in [2.05, 4.69) is 0 Å². The van der Waals surface area contributed by atoms with Crippen molar-refractivity contribution in [3.63, 3.8) is 0 Å². The minimum Gasteiger partial charge on any atom is -0.541 e. The summed E-state index contributed by atoms with van der Waals surface area (Å²) in [4.78, 5) is 20.0. The van der Waals surface area contributed by atoms with Gasteiger partial charge in [-0.2, -0.15) is 0 Å². The number of hydrogen-bond donors (Lipinski definition) is 3. The predicted octanol–water partition coefficient (Wildman–Crippen LogP) is 2.42. The van der Waals surface area contributed by atoms with Crippen molar-refractivity contribution >= 4 is 12.1 Å². The normalized spacial score (nSPS) is 12.2. The van der Waals surface area contributed by atoms with E-state index in [0.29, 0.717) is 6.61 Å². The summed E-state index contributed by atoms with van der Waals surface area (Å²) in [5.41, 5.74) is 0. The Morgan fingerprint density at radius 1 is 0.880 bits per heavy atom. The summed E-state index contributed by atoms with van der Waals surface area (Å²) in [6, 6.07) is 0. The summed E-state index contributed by atoms with van der Waals surface area (Å²) in [6.07, 6.45) is 3.58. The van der Waals surface area contributed by atoms with Crippen LogP contribution >= 0.6 is 0 Å². The number of aliphatic hydroxyl groups is 3. The molecule has 3 N–H and O–H groups in total. The van der Waals surface area contributed by atoms with Crippen molar-refractivity contribution in [2.75, 3.05) is 13.2 Å². The second-order valence-electron chi connectivity index (χ2n) is 5.27. The van der Waals surface area contributed by atoms with Crippen LogP contribution in [0, 0.1) is 0 Å². The van der Waals surface area contributed by atoms with Crippen LogP contribution in [0.1, 0.15) is 74.1 Å². The molecule has 0 aliphatic carbocycles. The molecule has 6 nitrogen and oxygen atoms in total. The van der Waals surface area contributed by atoms with E-state index >= 15 is 0 Å². The molecule has 3 atom stereocenters. The van der Waals surface area contributed by atoms with Gasteiger partial charge in [-0.1, -0.05) is 27.2 Å². The Labute approximate surface area is 173 Å². The first kappa shape index (κ1) is 36.1. The van der Waals surface area contributed by atoms with Gasteiger partial charge in [-0.15, -0.1) is 0 Å². The van der Waals surface area contributed by atoms with Gasteiger partial charge in [0.1, 0.15) is 12.4 Å². The first-order chi connectivity index (χ1) is 11.1. The fourth-order valence-corrected chi connectivity index (χ4v) is 0.347. The van der Waals surface area contributed by atoms with Gasteiger partial charge in [-0.05, 0) is 47.0 Å². The molecule has 0 heterocycles. The molecule has 0 spiro atoms. The summed E-state index contributed by atoms with van der Waals surface area (Å²) in [7, 11) is 0. The Hall–Kier alpha value is 0.0631. The fourth-order valence-electron chi connectivity index (χ4n) is 0.347. The Bertz CT molecular complexity index is 227. The molecule has 0 saturated heterocycles. The zero-order valence-corrected chi connectivity index (χ0v) is 19.5. The summed E-state index contributed by atoms with van der Waals surface area (Å²) >= 11 is 0. The second kappa shape index (κ2) is 31.8. The minimum absolute atomic E-state index is 0. The molecule has 25 heavy (non-hydrogen) atoms. The van der Waals surface area contributed by atoms with Crippen molar-refractivity contribution < 1.29 is 55.8 Å². The van der Waals surface area contributed by atoms with E-state index in [1.165, 1.54) is 6.29 Å². The molecule has 7 heteroatoms. The van der Waals surface area contributed by atoms with E-state index in [1.54, 1.807) is 27.7 Å². The number of Topliss-reactive ketones (excluding diaryl/α,β-unsaturated/α-hetero) is 1. The van der Waals surface area contributed by atoms with E-state index in [1.807, 2.05) is 20.8 Å². The largest absolute Gasteiger partial charge is 0.541 e. The molecule has 0 fully saturated rings. The Morgan fingerprint density at radius 2 is 1.16 bits per heavy atom. The van der Waals surface area contributed by atoms with Gasteiger partial charge in [-0.25, -0.2) is 0 Å². The van der Waals surface area contributed by atoms with Crippen molar-refractivity contribution in [1.82, 2.24) is 0 Å². The van der Waals surface area contributed by atoms with Gasteiger partial charge in [0.25, 0.3) is 0 Å². The summed E-state index contributed by atoms with van der Waals surface area (Å²) < 4.78 is 4.72. The molecule has 0 aliphatic heterocycles. The predicted molar refractivity (Wildman–Crippen MR) is 97.7 cm³/mol. The zero-order chi connectivity index (χ0) is 20.0. The molecule has 0 amide bonds. The molecule has 152 valence electrons. The fraction of sp³-hybridized carbons (Fsp3) is 0.889. The van der Waals surface area contributed by atoms with E-state index < -0.39 is 0 Å². The van der Waals surface area contributed by atoms with Crippen LogP contribution in [0.4, 0.5) is 0 Å². The molecule has 0 aromatic carbocycles. The van der Waals surface area contributed by atoms with E-state index in [4.69, 9.17) is 20.1 Å². The average Bonchev–Trinajstić information content (AvgIpc) is 2.54. The van der Waals surface area contributed by atoms with Crippen molar-refractivity contribution in [2.24, 2.45) is 0 Å². The maximum Gasteiger partial charge on any atom is 0.132 e. The average molecular weight is 443 g/mol. The molecular formula is C18H39O6Zr-. The van der Waals surface area contributed by atoms with Gasteiger partial charge < -0.3 is 24.9 Å². The van der Waals surface area contributed by atoms with Gasteiger partial charge in [0.05, 0.1) is 18.3 Å². The molecule has 0 rings (SSSR count). The smallest absolute Gasteiger partial charge is 0.132 e. The molecule has 0 aliphatic rings. The Balaban J connectivity index is -0.0000000733. The Morgan fingerprint density at radius 3 is 1.32 bits per heavy atom. The van der Waals surface area contributed by atoms with Crippen molar-refractivity contribution in [1.29, 1.82) is 0 Å². The standard InChI is InChI=1S/C6H9O3.3C4H10O.Zr/c1-2-9-5-6(8)3-4-7;3*1-3-4(2)5;/h2-3,5H2,1H3;3*4-5H,3H2,1-2H3;/q-1;;;;. The molecule has 0 saturated carbocycles. The molecule has 0 aromatic heterocycles. The van der Waals surface area contributed by atoms with Crippen LogP contribution in [0.2, 0.25) is 0 Å². The van der Waals surface area contributed by atoms with Crippen LogP contribution < -0.4 is 0 Å². The second-order valence-corrected chi connectivity index (χ2v) is 5.27. The SMILES string of the molecule is CCC(C)O.CCC(C)O.CCC(C)O.CCOCC(=O)C[C-]=O.[Zr]. The third-order valence-corrected chi connectivity index (χ3v) is 2.51. The summed E-state index contributed by atoms with van der Waals surface area (Å²) in [6.45, 7) is 13.5. The number of ketones is 1. The third kappa shape index (κ3) is 68.6. The van der Waals surface area contributed by atoms with Crippen LogP contribution in [0.25, 0.3) is 0 Å². The van der Waals surface area contributed by atoms with Crippen LogP contribution in [-0.2, 0) is 40.5 Å². The van der Waals surface area contributed by atoms with Crippen LogP contribution in [0.15, 0.2) is 0 Å². The Kier molecular flexibility index (Phi) is 45.9. The van der Waals surface area contributed by atoms with Crippen LogP contribution in [0.3, 0.4) is 0 Å². The first-order valence-corrected chi connectivity index (χ1v) is 8.61. The number of rotatable bonds is 8. The quantitative estimate of drug-likeness (QED) is 0.394. The number of carbonyl (C=O) groups excluding carboxylic acids is 2. The van der Waals surface area contributed by atoms with Crippen molar-refractivity contribution in [3.05, 3.63) is 0 Å². The van der Waals surface area contributed by atoms with Gasteiger partial charge in [-0.3, -0.25) is 11.1 Å². The zero-order valence-electron chi connectivity index (χ0n) is 17.0. The van der Waals surface area contributed by atoms with Gasteiger partial charge in [0.15, 0.2) is 0 Å². The van der Waals surface area contributed by atoms with Crippen LogP contribution in [-0.4, -0.2) is 58.9 Å². The van der Waals surface area contributed by atoms with Crippen molar-refractivity contribution in [2.45, 2.75) is 92.5 Å². The first-order valence-electron chi connectivity index (χ1n) is 8.61. The van der Waals surface area contributed by atoms with E-state index in [9.17, 15) is 9.59 Å². The van der Waals surface area contributed by atoms with Gasteiger partial charge in [0, 0.05) is 32.8 Å². The topological polar surface area (TPSA) is 104 Å². The minimum atomic E-state index is -0.216. The molecular weight excluding hydrogens is 403 g/mol. The monoisotopic (exact) mass is 441 g/mol. The summed E-state index contributed by atoms with van der Waals surface area (Å²) in [5.74, 6) is -0.216.